The van der Waals surface area contributed by atoms with Crippen LogP contribution in [0.15, 0.2) is 42.5 Å². The van der Waals surface area contributed by atoms with Crippen LogP contribution in [0.4, 0.5) is 5.69 Å². The first-order chi connectivity index (χ1) is 10.0. The fraction of sp³-hybridized carbons (Fsp3) is 0.188. The van der Waals surface area contributed by atoms with E-state index < -0.39 is 12.0 Å². The molecule has 0 saturated heterocycles. The summed E-state index contributed by atoms with van der Waals surface area (Å²) in [4.78, 5) is 12.1. The maximum absolute atomic E-state index is 12.1. The first-order valence-corrected chi connectivity index (χ1v) is 7.13. The van der Waals surface area contributed by atoms with Gasteiger partial charge in [-0.3, -0.25) is 0 Å². The molecule has 2 rings (SSSR count). The molecule has 0 heterocycles. The number of hydrogen-bond donors (Lipinski definition) is 1. The van der Waals surface area contributed by atoms with Gasteiger partial charge in [-0.1, -0.05) is 40.9 Å². The highest BCUT2D eigenvalue weighted by Crippen LogP contribution is 2.29. The number of aryl methyl sites for hydroxylation is 1. The zero-order chi connectivity index (χ0) is 15.4. The average Bonchev–Trinajstić information content (AvgIpc) is 2.48. The van der Waals surface area contributed by atoms with Crippen LogP contribution < -0.4 is 5.32 Å². The van der Waals surface area contributed by atoms with Gasteiger partial charge in [0, 0.05) is 21.3 Å². The molecule has 0 amide bonds. The highest BCUT2D eigenvalue weighted by atomic mass is 35.5. The van der Waals surface area contributed by atoms with Crippen molar-refractivity contribution in [2.24, 2.45) is 0 Å². The molecule has 3 nitrogen and oxygen atoms in total. The van der Waals surface area contributed by atoms with Crippen molar-refractivity contribution in [2.45, 2.75) is 13.0 Å². The number of methoxy groups -OCH3 is 1. The van der Waals surface area contributed by atoms with E-state index in [1.165, 1.54) is 7.11 Å². The van der Waals surface area contributed by atoms with Gasteiger partial charge < -0.3 is 10.1 Å². The molecule has 2 aromatic rings. The van der Waals surface area contributed by atoms with E-state index in [2.05, 4.69) is 5.32 Å². The standard InChI is InChI=1S/C16H15Cl2NO2/c1-10-3-6-12(7-4-10)19-15(16(20)21-2)13-9-11(17)5-8-14(13)18/h3-9,15,19H,1-2H3. The number of anilines is 1. The summed E-state index contributed by atoms with van der Waals surface area (Å²) in [5.41, 5.74) is 2.51. The van der Waals surface area contributed by atoms with Crippen LogP contribution in [-0.4, -0.2) is 13.1 Å². The molecule has 0 aromatic heterocycles. The van der Waals surface area contributed by atoms with Crippen molar-refractivity contribution in [2.75, 3.05) is 12.4 Å². The third-order valence-corrected chi connectivity index (χ3v) is 3.65. The van der Waals surface area contributed by atoms with Crippen molar-refractivity contribution in [1.82, 2.24) is 0 Å². The van der Waals surface area contributed by atoms with Crippen LogP contribution in [-0.2, 0) is 9.53 Å². The zero-order valence-electron chi connectivity index (χ0n) is 11.7. The smallest absolute Gasteiger partial charge is 0.333 e. The lowest BCUT2D eigenvalue weighted by Crippen LogP contribution is -2.22. The normalized spacial score (nSPS) is 11.8. The Hall–Kier alpha value is -1.71. The van der Waals surface area contributed by atoms with Crippen LogP contribution in [0.25, 0.3) is 0 Å². The second-order valence-electron chi connectivity index (χ2n) is 4.63. The lowest BCUT2D eigenvalue weighted by Gasteiger charge is -2.19. The Morgan fingerprint density at radius 3 is 2.43 bits per heavy atom. The summed E-state index contributed by atoms with van der Waals surface area (Å²) < 4.78 is 4.85. The van der Waals surface area contributed by atoms with Crippen molar-refractivity contribution in [1.29, 1.82) is 0 Å². The summed E-state index contributed by atoms with van der Waals surface area (Å²) in [7, 11) is 1.34. The van der Waals surface area contributed by atoms with E-state index in [0.717, 1.165) is 11.3 Å². The van der Waals surface area contributed by atoms with Crippen LogP contribution in [0, 0.1) is 6.92 Å². The summed E-state index contributed by atoms with van der Waals surface area (Å²) in [5.74, 6) is -0.431. The Morgan fingerprint density at radius 1 is 1.14 bits per heavy atom. The van der Waals surface area contributed by atoms with E-state index in [-0.39, 0.29) is 0 Å². The van der Waals surface area contributed by atoms with Gasteiger partial charge in [-0.15, -0.1) is 0 Å². The van der Waals surface area contributed by atoms with Crippen LogP contribution in [0.2, 0.25) is 10.0 Å². The maximum atomic E-state index is 12.1. The largest absolute Gasteiger partial charge is 0.467 e. The molecule has 1 N–H and O–H groups in total. The molecule has 0 spiro atoms. The maximum Gasteiger partial charge on any atom is 0.333 e. The minimum Gasteiger partial charge on any atom is -0.467 e. The average molecular weight is 324 g/mol. The summed E-state index contributed by atoms with van der Waals surface area (Å²) in [5, 5.41) is 4.09. The lowest BCUT2D eigenvalue weighted by molar-refractivity contribution is -0.141. The van der Waals surface area contributed by atoms with E-state index >= 15 is 0 Å². The third kappa shape index (κ3) is 3.90. The molecule has 1 unspecified atom stereocenters. The van der Waals surface area contributed by atoms with Crippen molar-refractivity contribution in [3.05, 3.63) is 63.6 Å². The number of carbonyl (C=O) groups is 1. The Morgan fingerprint density at radius 2 is 1.81 bits per heavy atom. The number of halogens is 2. The van der Waals surface area contributed by atoms with Gasteiger partial charge in [0.1, 0.15) is 0 Å². The molecule has 0 fully saturated rings. The molecule has 0 aliphatic carbocycles. The first-order valence-electron chi connectivity index (χ1n) is 6.37. The van der Waals surface area contributed by atoms with Crippen molar-refractivity contribution >= 4 is 34.9 Å². The molecular weight excluding hydrogens is 309 g/mol. The number of esters is 1. The number of nitrogens with one attached hydrogen (secondary N) is 1. The zero-order valence-corrected chi connectivity index (χ0v) is 13.2. The van der Waals surface area contributed by atoms with E-state index in [4.69, 9.17) is 27.9 Å². The molecule has 2 aromatic carbocycles. The molecule has 21 heavy (non-hydrogen) atoms. The molecule has 1 atom stereocenters. The summed E-state index contributed by atoms with van der Waals surface area (Å²) >= 11 is 12.2. The number of hydrogen-bond acceptors (Lipinski definition) is 3. The van der Waals surface area contributed by atoms with Crippen LogP contribution in [0.5, 0.6) is 0 Å². The first kappa shape index (κ1) is 15.7. The minimum atomic E-state index is -0.719. The molecule has 110 valence electrons. The summed E-state index contributed by atoms with van der Waals surface area (Å²) in [6.07, 6.45) is 0. The number of carbonyl (C=O) groups excluding carboxylic acids is 1. The highest BCUT2D eigenvalue weighted by molar-refractivity contribution is 6.33. The van der Waals surface area contributed by atoms with Gasteiger partial charge in [0.2, 0.25) is 0 Å². The lowest BCUT2D eigenvalue weighted by atomic mass is 10.1. The number of ether oxygens (including phenoxy) is 1. The monoisotopic (exact) mass is 323 g/mol. The Balaban J connectivity index is 2.36. The Kier molecular flexibility index (Phi) is 5.10. The molecule has 5 heteroatoms. The molecule has 0 aliphatic heterocycles. The fourth-order valence-electron chi connectivity index (χ4n) is 1.93. The van der Waals surface area contributed by atoms with Gasteiger partial charge in [-0.05, 0) is 37.3 Å². The van der Waals surface area contributed by atoms with Crippen molar-refractivity contribution < 1.29 is 9.53 Å². The van der Waals surface area contributed by atoms with E-state index in [0.29, 0.717) is 15.6 Å². The molecule has 0 aliphatic rings. The van der Waals surface area contributed by atoms with Crippen molar-refractivity contribution in [3.8, 4) is 0 Å². The van der Waals surface area contributed by atoms with Crippen LogP contribution in [0.1, 0.15) is 17.2 Å². The summed E-state index contributed by atoms with van der Waals surface area (Å²) in [6, 6.07) is 12.0. The molecule has 0 radical (unpaired) electrons. The van der Waals surface area contributed by atoms with Gasteiger partial charge in [0.15, 0.2) is 6.04 Å². The predicted octanol–water partition coefficient (Wildman–Crippen LogP) is 4.63. The van der Waals surface area contributed by atoms with Crippen LogP contribution >= 0.6 is 23.2 Å². The number of rotatable bonds is 4. The van der Waals surface area contributed by atoms with Gasteiger partial charge >= 0.3 is 5.97 Å². The number of benzene rings is 2. The van der Waals surface area contributed by atoms with E-state index in [9.17, 15) is 4.79 Å². The Bertz CT molecular complexity index is 641. The van der Waals surface area contributed by atoms with Gasteiger partial charge in [0.05, 0.1) is 7.11 Å². The Labute approximate surface area is 133 Å². The quantitative estimate of drug-likeness (QED) is 0.834. The van der Waals surface area contributed by atoms with E-state index in [1.54, 1.807) is 18.2 Å². The van der Waals surface area contributed by atoms with Gasteiger partial charge in [-0.2, -0.15) is 0 Å². The van der Waals surface area contributed by atoms with Crippen molar-refractivity contribution in [3.63, 3.8) is 0 Å². The summed E-state index contributed by atoms with van der Waals surface area (Å²) in [6.45, 7) is 2.00. The molecule has 0 bridgehead atoms. The third-order valence-electron chi connectivity index (χ3n) is 3.07. The predicted molar refractivity (Wildman–Crippen MR) is 86.0 cm³/mol. The van der Waals surface area contributed by atoms with Crippen LogP contribution in [0.3, 0.4) is 0 Å². The molecular formula is C16H15Cl2NO2. The van der Waals surface area contributed by atoms with Gasteiger partial charge in [0.25, 0.3) is 0 Å². The fourth-order valence-corrected chi connectivity index (χ4v) is 2.34. The van der Waals surface area contributed by atoms with E-state index in [1.807, 2.05) is 31.2 Å². The highest BCUT2D eigenvalue weighted by Gasteiger charge is 2.24. The SMILES string of the molecule is COC(=O)C(Nc1ccc(C)cc1)c1cc(Cl)ccc1Cl. The second-order valence-corrected chi connectivity index (χ2v) is 5.48. The molecule has 0 saturated carbocycles. The van der Waals surface area contributed by atoms with Gasteiger partial charge in [-0.25, -0.2) is 4.79 Å². The second kappa shape index (κ2) is 6.83. The minimum absolute atomic E-state index is 0.431. The topological polar surface area (TPSA) is 38.3 Å².